The summed E-state index contributed by atoms with van der Waals surface area (Å²) < 4.78 is 0. The Kier molecular flexibility index (Phi) is 2.81. The summed E-state index contributed by atoms with van der Waals surface area (Å²) in [5, 5.41) is 9.16. The maximum absolute atomic E-state index is 9.16. The highest BCUT2D eigenvalue weighted by Gasteiger charge is 2.20. The molecule has 1 aliphatic heterocycles. The molecule has 0 atom stereocenters. The van der Waals surface area contributed by atoms with Gasteiger partial charge in [-0.15, -0.1) is 0 Å². The third kappa shape index (κ3) is 2.00. The molecule has 2 heterocycles. The molecule has 0 saturated heterocycles. The fourth-order valence-corrected chi connectivity index (χ4v) is 2.58. The maximum Gasteiger partial charge on any atom is 0.101 e. The number of benzene rings is 1. The highest BCUT2D eigenvalue weighted by molar-refractivity contribution is 5.61. The van der Waals surface area contributed by atoms with Crippen LogP contribution in [0.1, 0.15) is 16.7 Å². The predicted octanol–water partition coefficient (Wildman–Crippen LogP) is 2.10. The number of nitrogens with zero attached hydrogens (tertiary/aromatic N) is 3. The minimum Gasteiger partial charge on any atom is -0.398 e. The largest absolute Gasteiger partial charge is 0.398 e. The lowest BCUT2D eigenvalue weighted by atomic mass is 9.97. The summed E-state index contributed by atoms with van der Waals surface area (Å²) in [5.74, 6) is 0. The van der Waals surface area contributed by atoms with E-state index in [4.69, 9.17) is 11.0 Å². The molecule has 0 fully saturated rings. The summed E-state index contributed by atoms with van der Waals surface area (Å²) >= 11 is 0. The van der Waals surface area contributed by atoms with E-state index in [0.717, 1.165) is 30.9 Å². The van der Waals surface area contributed by atoms with Gasteiger partial charge >= 0.3 is 0 Å². The van der Waals surface area contributed by atoms with Gasteiger partial charge in [0, 0.05) is 25.0 Å². The number of rotatable bonds is 1. The molecule has 4 heteroatoms. The number of aromatic nitrogens is 1. The summed E-state index contributed by atoms with van der Waals surface area (Å²) in [5.41, 5.74) is 10.9. The number of fused-ring (bicyclic) bond motifs is 1. The van der Waals surface area contributed by atoms with Crippen LogP contribution in [-0.4, -0.2) is 11.5 Å². The van der Waals surface area contributed by atoms with Crippen LogP contribution in [0.4, 0.5) is 11.4 Å². The molecule has 2 aromatic rings. The topological polar surface area (TPSA) is 65.9 Å². The molecular formula is C15H14N4. The van der Waals surface area contributed by atoms with Crippen LogP contribution in [0.2, 0.25) is 0 Å². The van der Waals surface area contributed by atoms with Crippen LogP contribution in [0.3, 0.4) is 0 Å². The van der Waals surface area contributed by atoms with Crippen molar-refractivity contribution in [3.8, 4) is 6.07 Å². The number of anilines is 2. The first-order valence-electron chi connectivity index (χ1n) is 6.25. The van der Waals surface area contributed by atoms with Crippen molar-refractivity contribution in [3.05, 3.63) is 53.3 Å². The molecule has 4 nitrogen and oxygen atoms in total. The quantitative estimate of drug-likeness (QED) is 0.787. The van der Waals surface area contributed by atoms with Crippen molar-refractivity contribution in [3.63, 3.8) is 0 Å². The van der Waals surface area contributed by atoms with Crippen LogP contribution in [0.25, 0.3) is 0 Å². The van der Waals surface area contributed by atoms with Gasteiger partial charge in [0.25, 0.3) is 0 Å². The van der Waals surface area contributed by atoms with E-state index < -0.39 is 0 Å². The number of nitrogen functional groups attached to an aromatic ring is 1. The number of nitrogens with two attached hydrogens (primary N) is 1. The smallest absolute Gasteiger partial charge is 0.101 e. The van der Waals surface area contributed by atoms with Gasteiger partial charge in [0.2, 0.25) is 0 Å². The molecule has 0 aliphatic carbocycles. The molecule has 0 radical (unpaired) electrons. The van der Waals surface area contributed by atoms with Gasteiger partial charge in [0.15, 0.2) is 0 Å². The molecule has 0 bridgehead atoms. The van der Waals surface area contributed by atoms with Crippen LogP contribution in [0.15, 0.2) is 36.7 Å². The lowest BCUT2D eigenvalue weighted by Crippen LogP contribution is -2.31. The molecular weight excluding hydrogens is 236 g/mol. The maximum atomic E-state index is 9.16. The average Bonchev–Trinajstić information content (AvgIpc) is 2.47. The molecule has 94 valence electrons. The van der Waals surface area contributed by atoms with Gasteiger partial charge in [-0.1, -0.05) is 12.1 Å². The molecule has 19 heavy (non-hydrogen) atoms. The Bertz CT molecular complexity index is 657. The molecule has 3 rings (SSSR count). The Morgan fingerprint density at radius 3 is 3.05 bits per heavy atom. The zero-order valence-electron chi connectivity index (χ0n) is 10.5. The van der Waals surface area contributed by atoms with Crippen molar-refractivity contribution < 1.29 is 0 Å². The summed E-state index contributed by atoms with van der Waals surface area (Å²) in [6.45, 7) is 1.64. The Morgan fingerprint density at radius 2 is 2.21 bits per heavy atom. The summed E-state index contributed by atoms with van der Waals surface area (Å²) in [4.78, 5) is 6.31. The second-order valence-electron chi connectivity index (χ2n) is 4.66. The lowest BCUT2D eigenvalue weighted by Gasteiger charge is -2.31. The van der Waals surface area contributed by atoms with Crippen molar-refractivity contribution in [2.45, 2.75) is 13.0 Å². The Balaban J connectivity index is 1.96. The molecule has 0 unspecified atom stereocenters. The predicted molar refractivity (Wildman–Crippen MR) is 74.6 cm³/mol. The van der Waals surface area contributed by atoms with Crippen molar-refractivity contribution in [2.75, 3.05) is 17.2 Å². The summed E-state index contributed by atoms with van der Waals surface area (Å²) in [7, 11) is 0. The van der Waals surface area contributed by atoms with E-state index in [1.54, 1.807) is 18.5 Å². The standard InChI is InChI=1S/C15H14N4/c16-8-11-4-6-18-9-15(11)19-7-5-13-12(10-19)2-1-3-14(13)17/h1-4,6,9H,5,7,10,17H2. The first-order chi connectivity index (χ1) is 9.29. The Labute approximate surface area is 112 Å². The third-order valence-electron chi connectivity index (χ3n) is 3.56. The van der Waals surface area contributed by atoms with E-state index in [2.05, 4.69) is 22.0 Å². The Morgan fingerprint density at radius 1 is 1.32 bits per heavy atom. The second-order valence-corrected chi connectivity index (χ2v) is 4.66. The van der Waals surface area contributed by atoms with Crippen LogP contribution >= 0.6 is 0 Å². The van der Waals surface area contributed by atoms with E-state index in [1.165, 1.54) is 11.1 Å². The molecule has 2 N–H and O–H groups in total. The summed E-state index contributed by atoms with van der Waals surface area (Å²) in [6.07, 6.45) is 4.32. The van der Waals surface area contributed by atoms with Gasteiger partial charge in [0.1, 0.15) is 6.07 Å². The monoisotopic (exact) mass is 250 g/mol. The van der Waals surface area contributed by atoms with E-state index in [9.17, 15) is 0 Å². The minimum atomic E-state index is 0.669. The second kappa shape index (κ2) is 4.62. The number of hydrogen-bond donors (Lipinski definition) is 1. The van der Waals surface area contributed by atoms with Crippen molar-refractivity contribution in [1.29, 1.82) is 5.26 Å². The average molecular weight is 250 g/mol. The van der Waals surface area contributed by atoms with Gasteiger partial charge < -0.3 is 10.6 Å². The molecule has 0 amide bonds. The normalized spacial score (nSPS) is 13.7. The fraction of sp³-hybridized carbons (Fsp3) is 0.200. The first kappa shape index (κ1) is 11.5. The van der Waals surface area contributed by atoms with Crippen LogP contribution in [-0.2, 0) is 13.0 Å². The number of pyridine rings is 1. The van der Waals surface area contributed by atoms with Crippen molar-refractivity contribution >= 4 is 11.4 Å². The highest BCUT2D eigenvalue weighted by Crippen LogP contribution is 2.28. The zero-order chi connectivity index (χ0) is 13.2. The molecule has 1 aromatic carbocycles. The van der Waals surface area contributed by atoms with Gasteiger partial charge in [-0.3, -0.25) is 4.98 Å². The Hall–Kier alpha value is -2.54. The molecule has 1 aromatic heterocycles. The first-order valence-corrected chi connectivity index (χ1v) is 6.25. The van der Waals surface area contributed by atoms with Gasteiger partial charge in [0.05, 0.1) is 17.4 Å². The van der Waals surface area contributed by atoms with Crippen LogP contribution in [0, 0.1) is 11.3 Å². The number of hydrogen-bond acceptors (Lipinski definition) is 4. The minimum absolute atomic E-state index is 0.669. The number of nitriles is 1. The van der Waals surface area contributed by atoms with Crippen LogP contribution < -0.4 is 10.6 Å². The SMILES string of the molecule is N#Cc1ccncc1N1CCc2c(N)cccc2C1. The lowest BCUT2D eigenvalue weighted by molar-refractivity contribution is 0.731. The van der Waals surface area contributed by atoms with Crippen molar-refractivity contribution in [1.82, 2.24) is 4.98 Å². The fourth-order valence-electron chi connectivity index (χ4n) is 2.58. The van der Waals surface area contributed by atoms with E-state index in [-0.39, 0.29) is 0 Å². The van der Waals surface area contributed by atoms with Gasteiger partial charge in [-0.25, -0.2) is 0 Å². The molecule has 0 spiro atoms. The molecule has 0 saturated carbocycles. The molecule has 1 aliphatic rings. The third-order valence-corrected chi connectivity index (χ3v) is 3.56. The van der Waals surface area contributed by atoms with E-state index >= 15 is 0 Å². The van der Waals surface area contributed by atoms with E-state index in [1.807, 2.05) is 12.1 Å². The van der Waals surface area contributed by atoms with Gasteiger partial charge in [-0.2, -0.15) is 5.26 Å². The van der Waals surface area contributed by atoms with Crippen LogP contribution in [0.5, 0.6) is 0 Å². The highest BCUT2D eigenvalue weighted by atomic mass is 15.1. The summed E-state index contributed by atoms with van der Waals surface area (Å²) in [6, 6.07) is 10.00. The van der Waals surface area contributed by atoms with E-state index in [0.29, 0.717) is 5.56 Å². The zero-order valence-corrected chi connectivity index (χ0v) is 10.5. The van der Waals surface area contributed by atoms with Gasteiger partial charge in [-0.05, 0) is 29.7 Å². The van der Waals surface area contributed by atoms with Crippen molar-refractivity contribution in [2.24, 2.45) is 0 Å².